The van der Waals surface area contributed by atoms with Crippen molar-refractivity contribution in [1.82, 2.24) is 19.9 Å². The molecule has 0 atom stereocenters. The molecule has 0 radical (unpaired) electrons. The number of hydrogen-bond donors (Lipinski definition) is 0. The van der Waals surface area contributed by atoms with Crippen LogP contribution < -0.4 is 0 Å². The third-order valence-corrected chi connectivity index (χ3v) is 9.41. The highest BCUT2D eigenvalue weighted by Crippen LogP contribution is 2.41. The maximum Gasteiger partial charge on any atom is 0.161 e. The highest BCUT2D eigenvalue weighted by atomic mass is 14.9. The smallest absolute Gasteiger partial charge is 0.161 e. The first-order valence-corrected chi connectivity index (χ1v) is 16.8. The Hall–Kier alpha value is -6.77. The van der Waals surface area contributed by atoms with Gasteiger partial charge in [0.25, 0.3) is 0 Å². The lowest BCUT2D eigenvalue weighted by molar-refractivity contribution is 0.908. The molecule has 2 aromatic heterocycles. The van der Waals surface area contributed by atoms with Gasteiger partial charge in [0, 0.05) is 33.2 Å². The van der Waals surface area contributed by atoms with Gasteiger partial charge in [0.05, 0.1) is 45.8 Å². The minimum absolute atomic E-state index is 0.641. The molecule has 0 spiro atoms. The summed E-state index contributed by atoms with van der Waals surface area (Å²) >= 11 is 0. The summed E-state index contributed by atoms with van der Waals surface area (Å²) in [6.07, 6.45) is 6.01. The zero-order chi connectivity index (χ0) is 33.4. The Morgan fingerprint density at radius 1 is 0.500 bits per heavy atom. The minimum Gasteiger partial charge on any atom is -0.248 e. The molecule has 0 saturated carbocycles. The first-order valence-electron chi connectivity index (χ1n) is 16.8. The topological polar surface area (TPSA) is 75.3 Å². The number of aryl methyl sites for hydroxylation is 1. The van der Waals surface area contributed by atoms with E-state index in [9.17, 15) is 5.26 Å². The number of benzene rings is 6. The van der Waals surface area contributed by atoms with Gasteiger partial charge in [-0.05, 0) is 53.3 Å². The molecule has 0 unspecified atom stereocenters. The fourth-order valence-electron chi connectivity index (χ4n) is 6.98. The molecule has 50 heavy (non-hydrogen) atoms. The van der Waals surface area contributed by atoms with E-state index in [1.54, 1.807) is 0 Å². The standard InChI is InChI=1S/C45H29N5/c46-28-31-23-24-36(33-18-8-7-17-32(31)33)43-44(48-40-22-12-11-21-39(40)47-43)37-25-26-38(35-20-10-9-19-34(35)37)45-49-41(29-13-3-1-4-14-29)27-42(50-45)30-15-5-2-6-16-30/h1-10,12-20,22-27H,11,21H2. The molecule has 2 heterocycles. The Balaban J connectivity index is 1.29. The van der Waals surface area contributed by atoms with E-state index in [4.69, 9.17) is 19.9 Å². The molecular formula is C45H29N5. The number of fused-ring (bicyclic) bond motifs is 3. The lowest BCUT2D eigenvalue weighted by Crippen LogP contribution is -2.06. The summed E-state index contributed by atoms with van der Waals surface area (Å²) < 4.78 is 0. The van der Waals surface area contributed by atoms with E-state index >= 15 is 0 Å². The fourth-order valence-corrected chi connectivity index (χ4v) is 6.98. The van der Waals surface area contributed by atoms with Crippen LogP contribution in [0.5, 0.6) is 0 Å². The number of nitrogens with zero attached hydrogens (tertiary/aromatic N) is 5. The van der Waals surface area contributed by atoms with Gasteiger partial charge in [-0.15, -0.1) is 0 Å². The van der Waals surface area contributed by atoms with Crippen molar-refractivity contribution in [2.45, 2.75) is 12.8 Å². The monoisotopic (exact) mass is 639 g/mol. The molecule has 9 rings (SSSR count). The van der Waals surface area contributed by atoms with Crippen LogP contribution >= 0.6 is 0 Å². The SMILES string of the molecule is N#Cc1ccc(-c2nc3c(nc2-c2ccc(-c4nc(-c5ccccc5)cc(-c5ccccc5)n4)c4ccccc24)C=CCC3)c2ccccc12. The molecule has 1 aliphatic rings. The van der Waals surface area contributed by atoms with Gasteiger partial charge in [-0.25, -0.2) is 19.9 Å². The molecule has 0 N–H and O–H groups in total. The molecule has 1 aliphatic carbocycles. The van der Waals surface area contributed by atoms with Crippen LogP contribution in [0.15, 0.2) is 146 Å². The van der Waals surface area contributed by atoms with Crippen LogP contribution in [-0.2, 0) is 6.42 Å². The van der Waals surface area contributed by atoms with Crippen molar-refractivity contribution in [2.75, 3.05) is 0 Å². The lowest BCUT2D eigenvalue weighted by atomic mass is 9.92. The van der Waals surface area contributed by atoms with Gasteiger partial charge in [0.15, 0.2) is 5.82 Å². The summed E-state index contributed by atoms with van der Waals surface area (Å²) in [5.41, 5.74) is 10.8. The normalized spacial score (nSPS) is 12.1. The third-order valence-electron chi connectivity index (χ3n) is 9.41. The second kappa shape index (κ2) is 12.4. The largest absolute Gasteiger partial charge is 0.248 e. The number of rotatable bonds is 5. The molecule has 0 amide bonds. The van der Waals surface area contributed by atoms with Crippen molar-refractivity contribution in [3.63, 3.8) is 0 Å². The Morgan fingerprint density at radius 3 is 1.66 bits per heavy atom. The summed E-state index contributed by atoms with van der Waals surface area (Å²) in [7, 11) is 0. The first kappa shape index (κ1) is 29.4. The Kier molecular flexibility index (Phi) is 7.26. The zero-order valence-electron chi connectivity index (χ0n) is 27.1. The summed E-state index contributed by atoms with van der Waals surface area (Å²) in [6.45, 7) is 0. The van der Waals surface area contributed by atoms with Crippen molar-refractivity contribution >= 4 is 27.6 Å². The number of allylic oxidation sites excluding steroid dienone is 1. The molecule has 5 heteroatoms. The van der Waals surface area contributed by atoms with Crippen LogP contribution in [0.4, 0.5) is 0 Å². The Labute approximate surface area is 289 Å². The van der Waals surface area contributed by atoms with Crippen molar-refractivity contribution in [3.8, 4) is 62.5 Å². The first-order chi connectivity index (χ1) is 24.7. The van der Waals surface area contributed by atoms with Crippen LogP contribution in [0.2, 0.25) is 0 Å². The predicted octanol–water partition coefficient (Wildman–Crippen LogP) is 10.7. The van der Waals surface area contributed by atoms with Gasteiger partial charge < -0.3 is 0 Å². The average molecular weight is 640 g/mol. The molecule has 0 fully saturated rings. The van der Waals surface area contributed by atoms with E-state index in [2.05, 4.69) is 91.0 Å². The number of aromatic nitrogens is 4. The summed E-state index contributed by atoms with van der Waals surface area (Å²) in [4.78, 5) is 20.9. The molecule has 0 saturated heterocycles. The van der Waals surface area contributed by atoms with Gasteiger partial charge in [0.1, 0.15) is 0 Å². The molecule has 0 aliphatic heterocycles. The number of hydrogen-bond acceptors (Lipinski definition) is 5. The van der Waals surface area contributed by atoms with E-state index in [0.717, 1.165) is 96.4 Å². The highest BCUT2D eigenvalue weighted by Gasteiger charge is 2.22. The maximum atomic E-state index is 9.89. The van der Waals surface area contributed by atoms with Gasteiger partial charge in [-0.3, -0.25) is 0 Å². The van der Waals surface area contributed by atoms with E-state index < -0.39 is 0 Å². The summed E-state index contributed by atoms with van der Waals surface area (Å²) in [5.74, 6) is 0.658. The molecule has 6 aromatic carbocycles. The van der Waals surface area contributed by atoms with Crippen LogP contribution in [0.1, 0.15) is 23.4 Å². The maximum absolute atomic E-state index is 9.89. The predicted molar refractivity (Wildman–Crippen MR) is 202 cm³/mol. The van der Waals surface area contributed by atoms with E-state index in [-0.39, 0.29) is 0 Å². The van der Waals surface area contributed by atoms with Crippen LogP contribution in [-0.4, -0.2) is 19.9 Å². The van der Waals surface area contributed by atoms with E-state index in [1.165, 1.54) is 0 Å². The molecule has 5 nitrogen and oxygen atoms in total. The third kappa shape index (κ3) is 5.11. The number of nitriles is 1. The quantitative estimate of drug-likeness (QED) is 0.187. The average Bonchev–Trinajstić information content (AvgIpc) is 3.20. The molecular weight excluding hydrogens is 611 g/mol. The lowest BCUT2D eigenvalue weighted by Gasteiger charge is -2.18. The van der Waals surface area contributed by atoms with Crippen molar-refractivity contribution in [3.05, 3.63) is 163 Å². The molecule has 0 bridgehead atoms. The highest BCUT2D eigenvalue weighted by molar-refractivity contribution is 6.07. The van der Waals surface area contributed by atoms with Crippen molar-refractivity contribution in [1.29, 1.82) is 5.26 Å². The van der Waals surface area contributed by atoms with Gasteiger partial charge in [-0.2, -0.15) is 5.26 Å². The molecule has 8 aromatic rings. The van der Waals surface area contributed by atoms with Gasteiger partial charge in [-0.1, -0.05) is 127 Å². The van der Waals surface area contributed by atoms with Crippen LogP contribution in [0.3, 0.4) is 0 Å². The Morgan fingerprint density at radius 2 is 1.02 bits per heavy atom. The summed E-state index contributed by atoms with van der Waals surface area (Å²) in [6, 6.07) is 49.6. The molecule has 234 valence electrons. The minimum atomic E-state index is 0.641. The van der Waals surface area contributed by atoms with E-state index in [1.807, 2.05) is 66.7 Å². The van der Waals surface area contributed by atoms with Crippen LogP contribution in [0.25, 0.3) is 84.0 Å². The van der Waals surface area contributed by atoms with Crippen molar-refractivity contribution < 1.29 is 0 Å². The Bertz CT molecular complexity index is 2600. The van der Waals surface area contributed by atoms with Crippen molar-refractivity contribution in [2.24, 2.45) is 0 Å². The second-order valence-electron chi connectivity index (χ2n) is 12.4. The zero-order valence-corrected chi connectivity index (χ0v) is 27.1. The fraction of sp³-hybridized carbons (Fsp3) is 0.0444. The summed E-state index contributed by atoms with van der Waals surface area (Å²) in [5, 5.41) is 13.8. The van der Waals surface area contributed by atoms with Crippen LogP contribution in [0, 0.1) is 11.3 Å². The second-order valence-corrected chi connectivity index (χ2v) is 12.4. The van der Waals surface area contributed by atoms with Gasteiger partial charge in [0.2, 0.25) is 0 Å². The van der Waals surface area contributed by atoms with Gasteiger partial charge >= 0.3 is 0 Å². The van der Waals surface area contributed by atoms with E-state index in [0.29, 0.717) is 11.4 Å².